The van der Waals surface area contributed by atoms with Crippen LogP contribution in [0.4, 0.5) is 0 Å². The van der Waals surface area contributed by atoms with Crippen LogP contribution in [-0.2, 0) is 49.6 Å². The number of ether oxygens (including phenoxy) is 3. The Bertz CT molecular complexity index is 1410. The maximum absolute atomic E-state index is 14.0. The second-order valence-corrected chi connectivity index (χ2v) is 18.0. The molecule has 13 nitrogen and oxygen atoms in total. The van der Waals surface area contributed by atoms with Gasteiger partial charge in [-0.05, 0) is 57.9 Å². The Hall–Kier alpha value is -3.07. The molecular formula is C37H57N3O10S. The number of esters is 2. The molecule has 3 N–H and O–H groups in total. The Morgan fingerprint density at radius 3 is 2.37 bits per heavy atom. The summed E-state index contributed by atoms with van der Waals surface area (Å²) in [6, 6.07) is 6.55. The van der Waals surface area contributed by atoms with Crippen LogP contribution in [0.3, 0.4) is 0 Å². The fourth-order valence-corrected chi connectivity index (χ4v) is 8.12. The van der Waals surface area contributed by atoms with Gasteiger partial charge < -0.3 is 30.0 Å². The molecule has 3 fully saturated rings. The lowest BCUT2D eigenvalue weighted by Crippen LogP contribution is -2.57. The first-order valence-corrected chi connectivity index (χ1v) is 20.1. The van der Waals surface area contributed by atoms with E-state index in [1.165, 1.54) is 0 Å². The molecule has 2 saturated heterocycles. The highest BCUT2D eigenvalue weighted by molar-refractivity contribution is 7.92. The van der Waals surface area contributed by atoms with Crippen molar-refractivity contribution in [1.29, 1.82) is 0 Å². The molecule has 0 radical (unpaired) electrons. The number of nitrogens with zero attached hydrogens (tertiary/aromatic N) is 1. The lowest BCUT2D eigenvalue weighted by Gasteiger charge is -2.33. The molecule has 1 saturated carbocycles. The summed E-state index contributed by atoms with van der Waals surface area (Å²) in [5.74, 6) is -4.28. The van der Waals surface area contributed by atoms with E-state index in [1.807, 2.05) is 6.07 Å². The van der Waals surface area contributed by atoms with Gasteiger partial charge in [0, 0.05) is 26.1 Å². The van der Waals surface area contributed by atoms with Crippen molar-refractivity contribution in [2.24, 2.45) is 11.8 Å². The Labute approximate surface area is 302 Å². The first-order chi connectivity index (χ1) is 24.2. The van der Waals surface area contributed by atoms with Crippen molar-refractivity contribution in [3.63, 3.8) is 0 Å². The second kappa shape index (κ2) is 19.1. The number of aliphatic hydroxyl groups is 1. The third-order valence-corrected chi connectivity index (χ3v) is 12.8. The van der Waals surface area contributed by atoms with Crippen LogP contribution in [0.5, 0.6) is 0 Å². The minimum Gasteiger partial charge on any atom is -0.463 e. The van der Waals surface area contributed by atoms with Crippen LogP contribution in [0, 0.1) is 11.8 Å². The van der Waals surface area contributed by atoms with E-state index < -0.39 is 80.9 Å². The van der Waals surface area contributed by atoms with Gasteiger partial charge in [-0.1, -0.05) is 62.4 Å². The second-order valence-electron chi connectivity index (χ2n) is 15.2. The van der Waals surface area contributed by atoms with Crippen molar-refractivity contribution in [3.8, 4) is 0 Å². The van der Waals surface area contributed by atoms with E-state index >= 15 is 0 Å². The number of cyclic esters (lactones) is 2. The SMILES string of the molecule is CC(C)(C)S(=O)(=O)C[C@@H](Cc1ccccc1)C(=O)NC1COC(=O)CCCC(CN2CCOCC2)OC(=O)[C@H](O)C(CC2CCCCC2)NC1=O. The summed E-state index contributed by atoms with van der Waals surface area (Å²) in [6.45, 7) is 7.06. The van der Waals surface area contributed by atoms with Crippen LogP contribution < -0.4 is 10.6 Å². The van der Waals surface area contributed by atoms with Crippen LogP contribution in [-0.4, -0.2) is 116 Å². The predicted octanol–water partition coefficient (Wildman–Crippen LogP) is 2.33. The molecule has 2 amide bonds. The van der Waals surface area contributed by atoms with Gasteiger partial charge in [0.25, 0.3) is 0 Å². The van der Waals surface area contributed by atoms with Gasteiger partial charge in [-0.3, -0.25) is 19.3 Å². The molecule has 4 rings (SSSR count). The van der Waals surface area contributed by atoms with Gasteiger partial charge in [0.05, 0.1) is 35.7 Å². The normalized spacial score (nSPS) is 26.2. The average molecular weight is 736 g/mol. The third kappa shape index (κ3) is 12.8. The number of hydrogen-bond donors (Lipinski definition) is 3. The molecule has 3 unspecified atom stereocenters. The highest BCUT2D eigenvalue weighted by Crippen LogP contribution is 2.29. The summed E-state index contributed by atoms with van der Waals surface area (Å²) < 4.78 is 42.3. The number of benzene rings is 1. The van der Waals surface area contributed by atoms with E-state index in [0.29, 0.717) is 52.1 Å². The summed E-state index contributed by atoms with van der Waals surface area (Å²) in [5, 5.41) is 16.9. The molecule has 286 valence electrons. The number of sulfone groups is 1. The summed E-state index contributed by atoms with van der Waals surface area (Å²) in [7, 11) is -3.76. The molecule has 2 heterocycles. The van der Waals surface area contributed by atoms with E-state index in [-0.39, 0.29) is 18.8 Å². The van der Waals surface area contributed by atoms with Gasteiger partial charge in [-0.15, -0.1) is 0 Å². The average Bonchev–Trinajstić information content (AvgIpc) is 3.09. The van der Waals surface area contributed by atoms with E-state index in [0.717, 1.165) is 37.7 Å². The number of amides is 2. The quantitative estimate of drug-likeness (QED) is 0.301. The maximum atomic E-state index is 14.0. The minimum absolute atomic E-state index is 0.0211. The van der Waals surface area contributed by atoms with Crippen molar-refractivity contribution in [3.05, 3.63) is 35.9 Å². The number of morpholine rings is 1. The van der Waals surface area contributed by atoms with Crippen LogP contribution in [0.1, 0.15) is 84.1 Å². The zero-order valence-corrected chi connectivity index (χ0v) is 31.2. The summed E-state index contributed by atoms with van der Waals surface area (Å²) >= 11 is 0. The van der Waals surface area contributed by atoms with Crippen molar-refractivity contribution < 1.29 is 46.9 Å². The molecule has 3 aliphatic rings. The maximum Gasteiger partial charge on any atom is 0.337 e. The Kier molecular flexibility index (Phi) is 15.3. The molecular weight excluding hydrogens is 678 g/mol. The monoisotopic (exact) mass is 735 g/mol. The zero-order chi connectivity index (χ0) is 37.0. The largest absolute Gasteiger partial charge is 0.463 e. The molecule has 1 aromatic rings. The predicted molar refractivity (Wildman–Crippen MR) is 190 cm³/mol. The fourth-order valence-electron chi connectivity index (χ4n) is 6.83. The highest BCUT2D eigenvalue weighted by Gasteiger charge is 2.38. The van der Waals surface area contributed by atoms with Gasteiger partial charge in [-0.25, -0.2) is 13.2 Å². The molecule has 0 spiro atoms. The van der Waals surface area contributed by atoms with Crippen molar-refractivity contribution >= 4 is 33.6 Å². The molecule has 51 heavy (non-hydrogen) atoms. The van der Waals surface area contributed by atoms with Gasteiger partial charge >= 0.3 is 11.9 Å². The van der Waals surface area contributed by atoms with E-state index in [9.17, 15) is 32.7 Å². The molecule has 0 bridgehead atoms. The summed E-state index contributed by atoms with van der Waals surface area (Å²) in [5.41, 5.74) is 0.741. The Morgan fingerprint density at radius 1 is 1.02 bits per heavy atom. The van der Waals surface area contributed by atoms with Crippen LogP contribution in [0.25, 0.3) is 0 Å². The van der Waals surface area contributed by atoms with Crippen LogP contribution >= 0.6 is 0 Å². The topological polar surface area (TPSA) is 178 Å². The fraction of sp³-hybridized carbons (Fsp3) is 0.730. The lowest BCUT2D eigenvalue weighted by atomic mass is 9.83. The van der Waals surface area contributed by atoms with Crippen LogP contribution in [0.15, 0.2) is 30.3 Å². The van der Waals surface area contributed by atoms with Crippen LogP contribution in [0.2, 0.25) is 0 Å². The third-order valence-electron chi connectivity index (χ3n) is 10.1. The lowest BCUT2D eigenvalue weighted by molar-refractivity contribution is -0.163. The number of rotatable bonds is 10. The van der Waals surface area contributed by atoms with Gasteiger partial charge in [0.15, 0.2) is 15.9 Å². The van der Waals surface area contributed by atoms with E-state index in [4.69, 9.17) is 14.2 Å². The van der Waals surface area contributed by atoms with Gasteiger partial charge in [0.1, 0.15) is 18.8 Å². The number of carbonyl (C=O) groups is 4. The number of hydrogen-bond acceptors (Lipinski definition) is 11. The molecule has 5 atom stereocenters. The zero-order valence-electron chi connectivity index (χ0n) is 30.3. The smallest absolute Gasteiger partial charge is 0.337 e. The first-order valence-electron chi connectivity index (χ1n) is 18.4. The molecule has 1 aromatic carbocycles. The standard InChI is InChI=1S/C37H57N3O10S/c1-37(2,3)51(46,47)25-28(21-26-11-6-4-7-12-26)34(43)39-31-24-49-32(41)16-10-15-29(23-40-17-19-48-20-18-40)50-36(45)33(42)30(38-35(31)44)22-27-13-8-5-9-14-27/h4,6-7,11-12,27-31,33,42H,5,8-10,13-25H2,1-3H3,(H,38,44)(H,39,43)/t28-,29?,30?,31?,33-/m1/s1. The molecule has 0 aromatic heterocycles. The number of nitrogens with one attached hydrogen (secondary N) is 2. The van der Waals surface area contributed by atoms with Crippen molar-refractivity contribution in [2.45, 2.75) is 114 Å². The van der Waals surface area contributed by atoms with E-state index in [2.05, 4.69) is 15.5 Å². The minimum atomic E-state index is -3.76. The number of carbonyl (C=O) groups excluding carboxylic acids is 4. The molecule has 14 heteroatoms. The van der Waals surface area contributed by atoms with Crippen molar-refractivity contribution in [2.75, 3.05) is 45.2 Å². The summed E-state index contributed by atoms with van der Waals surface area (Å²) in [6.07, 6.45) is 3.67. The first kappa shape index (κ1) is 40.7. The molecule has 2 aliphatic heterocycles. The number of aliphatic hydroxyl groups excluding tert-OH is 1. The Morgan fingerprint density at radius 2 is 1.71 bits per heavy atom. The van der Waals surface area contributed by atoms with Gasteiger partial charge in [-0.2, -0.15) is 0 Å². The molecule has 1 aliphatic carbocycles. The Balaban J connectivity index is 1.57. The van der Waals surface area contributed by atoms with E-state index in [1.54, 1.807) is 45.0 Å². The highest BCUT2D eigenvalue weighted by atomic mass is 32.2. The van der Waals surface area contributed by atoms with Crippen molar-refractivity contribution in [1.82, 2.24) is 15.5 Å². The van der Waals surface area contributed by atoms with Gasteiger partial charge in [0.2, 0.25) is 11.8 Å². The summed E-state index contributed by atoms with van der Waals surface area (Å²) in [4.78, 5) is 56.4.